The summed E-state index contributed by atoms with van der Waals surface area (Å²) >= 11 is 3.44. The van der Waals surface area contributed by atoms with Gasteiger partial charge in [0.1, 0.15) is 0 Å². The maximum atomic E-state index is 3.25. The SMILES string of the molecule is C(#Cc1ccc(-c2ccc(C#Cc3ccccc3)s2)s1)c1ccccc1. The molecule has 0 saturated carbocycles. The lowest BCUT2D eigenvalue weighted by Crippen LogP contribution is -1.70. The number of thiophene rings is 2. The van der Waals surface area contributed by atoms with Crippen molar-refractivity contribution in [3.63, 3.8) is 0 Å². The molecule has 26 heavy (non-hydrogen) atoms. The van der Waals surface area contributed by atoms with E-state index in [4.69, 9.17) is 0 Å². The van der Waals surface area contributed by atoms with Gasteiger partial charge in [0.15, 0.2) is 0 Å². The monoisotopic (exact) mass is 366 g/mol. The van der Waals surface area contributed by atoms with Gasteiger partial charge >= 0.3 is 0 Å². The summed E-state index contributed by atoms with van der Waals surface area (Å²) in [5, 5.41) is 0. The molecule has 0 spiro atoms. The van der Waals surface area contributed by atoms with Crippen LogP contribution in [0.3, 0.4) is 0 Å². The minimum atomic E-state index is 1.04. The van der Waals surface area contributed by atoms with Gasteiger partial charge in [-0.05, 0) is 48.5 Å². The van der Waals surface area contributed by atoms with Crippen LogP contribution < -0.4 is 0 Å². The van der Waals surface area contributed by atoms with Crippen LogP contribution in [0.25, 0.3) is 9.75 Å². The molecule has 0 aliphatic rings. The standard InChI is InChI=1S/C24H14S2/c1-3-7-19(8-4-1)11-13-21-15-17-23(25-21)24-18-16-22(26-24)14-12-20-9-5-2-6-10-20/h1-10,15-18H. The minimum absolute atomic E-state index is 1.04. The van der Waals surface area contributed by atoms with E-state index in [-0.39, 0.29) is 0 Å². The van der Waals surface area contributed by atoms with Crippen LogP contribution in [0.2, 0.25) is 0 Å². The van der Waals surface area contributed by atoms with Gasteiger partial charge in [0.05, 0.1) is 9.75 Å². The third-order valence-electron chi connectivity index (χ3n) is 3.66. The Balaban J connectivity index is 1.51. The van der Waals surface area contributed by atoms with Crippen LogP contribution in [0.4, 0.5) is 0 Å². The maximum absolute atomic E-state index is 3.25. The molecule has 0 saturated heterocycles. The molecule has 2 heteroatoms. The lowest BCUT2D eigenvalue weighted by molar-refractivity contribution is 1.65. The van der Waals surface area contributed by atoms with Gasteiger partial charge in [0.25, 0.3) is 0 Å². The first-order valence-electron chi connectivity index (χ1n) is 8.21. The number of hydrogen-bond acceptors (Lipinski definition) is 2. The smallest absolute Gasteiger partial charge is 0.0779 e. The Morgan fingerprint density at radius 3 is 1.27 bits per heavy atom. The van der Waals surface area contributed by atoms with Crippen molar-refractivity contribution >= 4 is 22.7 Å². The Hall–Kier alpha value is -3.04. The first-order valence-corrected chi connectivity index (χ1v) is 9.84. The molecule has 0 fully saturated rings. The highest BCUT2D eigenvalue weighted by molar-refractivity contribution is 7.22. The molecule has 0 nitrogen and oxygen atoms in total. The largest absolute Gasteiger partial charge is 0.126 e. The molecule has 0 aliphatic carbocycles. The molecule has 0 N–H and O–H groups in total. The normalized spacial score (nSPS) is 9.69. The van der Waals surface area contributed by atoms with E-state index in [1.807, 2.05) is 60.7 Å². The summed E-state index contributed by atoms with van der Waals surface area (Å²) in [5.74, 6) is 12.9. The molecule has 0 radical (unpaired) electrons. The van der Waals surface area contributed by atoms with E-state index in [0.29, 0.717) is 0 Å². The van der Waals surface area contributed by atoms with Gasteiger partial charge in [-0.25, -0.2) is 0 Å². The average Bonchev–Trinajstić information content (AvgIpc) is 3.36. The first kappa shape index (κ1) is 16.4. The zero-order valence-electron chi connectivity index (χ0n) is 13.9. The molecule has 0 unspecified atom stereocenters. The Bertz CT molecular complexity index is 1030. The third kappa shape index (κ3) is 4.13. The van der Waals surface area contributed by atoms with Gasteiger partial charge in [0.2, 0.25) is 0 Å². The molecular weight excluding hydrogens is 352 g/mol. The molecule has 4 aromatic rings. The molecule has 0 atom stereocenters. The summed E-state index contributed by atoms with van der Waals surface area (Å²) in [7, 11) is 0. The lowest BCUT2D eigenvalue weighted by atomic mass is 10.2. The molecular formula is C24H14S2. The van der Waals surface area contributed by atoms with Gasteiger partial charge in [0, 0.05) is 20.9 Å². The van der Waals surface area contributed by atoms with Gasteiger partial charge in [-0.1, -0.05) is 60.1 Å². The van der Waals surface area contributed by atoms with Crippen molar-refractivity contribution in [1.82, 2.24) is 0 Å². The van der Waals surface area contributed by atoms with Crippen molar-refractivity contribution in [3.05, 3.63) is 106 Å². The van der Waals surface area contributed by atoms with Crippen LogP contribution in [0.5, 0.6) is 0 Å². The van der Waals surface area contributed by atoms with E-state index in [1.54, 1.807) is 22.7 Å². The minimum Gasteiger partial charge on any atom is -0.126 e. The van der Waals surface area contributed by atoms with Gasteiger partial charge < -0.3 is 0 Å². The van der Waals surface area contributed by atoms with Gasteiger partial charge in [-0.15, -0.1) is 22.7 Å². The quantitative estimate of drug-likeness (QED) is 0.348. The second-order valence-corrected chi connectivity index (χ2v) is 7.73. The van der Waals surface area contributed by atoms with E-state index < -0.39 is 0 Å². The summed E-state index contributed by atoms with van der Waals surface area (Å²) in [6.45, 7) is 0. The van der Waals surface area contributed by atoms with Crippen molar-refractivity contribution in [1.29, 1.82) is 0 Å². The Labute approximate surface area is 161 Å². The summed E-state index contributed by atoms with van der Waals surface area (Å²) in [5.41, 5.74) is 2.08. The van der Waals surface area contributed by atoms with E-state index >= 15 is 0 Å². The molecule has 2 aromatic heterocycles. The van der Waals surface area contributed by atoms with Crippen molar-refractivity contribution in [3.8, 4) is 33.4 Å². The van der Waals surface area contributed by atoms with Crippen molar-refractivity contribution in [2.24, 2.45) is 0 Å². The molecule has 0 amide bonds. The van der Waals surface area contributed by atoms with Crippen LogP contribution in [-0.4, -0.2) is 0 Å². The van der Waals surface area contributed by atoms with Gasteiger partial charge in [-0.2, -0.15) is 0 Å². The Kier molecular flexibility index (Phi) is 4.99. The predicted molar refractivity (Wildman–Crippen MR) is 112 cm³/mol. The topological polar surface area (TPSA) is 0 Å². The van der Waals surface area contributed by atoms with Crippen LogP contribution in [0, 0.1) is 23.7 Å². The van der Waals surface area contributed by atoms with Crippen LogP contribution in [0.1, 0.15) is 20.9 Å². The van der Waals surface area contributed by atoms with Crippen molar-refractivity contribution in [2.75, 3.05) is 0 Å². The highest BCUT2D eigenvalue weighted by Crippen LogP contribution is 2.33. The molecule has 0 aliphatic heterocycles. The summed E-state index contributed by atoms with van der Waals surface area (Å²) in [4.78, 5) is 4.63. The number of rotatable bonds is 1. The maximum Gasteiger partial charge on any atom is 0.0779 e. The zero-order chi connectivity index (χ0) is 17.6. The molecule has 122 valence electrons. The predicted octanol–water partition coefficient (Wildman–Crippen LogP) is 6.28. The highest BCUT2D eigenvalue weighted by Gasteiger charge is 2.04. The summed E-state index contributed by atoms with van der Waals surface area (Å²) in [6.07, 6.45) is 0. The summed E-state index contributed by atoms with van der Waals surface area (Å²) in [6, 6.07) is 28.6. The fraction of sp³-hybridized carbons (Fsp3) is 0. The first-order chi connectivity index (χ1) is 12.9. The second kappa shape index (κ2) is 7.89. The molecule has 2 heterocycles. The van der Waals surface area contributed by atoms with E-state index in [0.717, 1.165) is 20.9 Å². The third-order valence-corrected chi connectivity index (χ3v) is 5.86. The average molecular weight is 367 g/mol. The van der Waals surface area contributed by atoms with E-state index in [2.05, 4.69) is 47.9 Å². The highest BCUT2D eigenvalue weighted by atomic mass is 32.1. The Morgan fingerprint density at radius 1 is 0.423 bits per heavy atom. The number of benzene rings is 2. The van der Waals surface area contributed by atoms with E-state index in [1.165, 1.54) is 9.75 Å². The van der Waals surface area contributed by atoms with Crippen LogP contribution in [0.15, 0.2) is 84.9 Å². The molecule has 0 bridgehead atoms. The Morgan fingerprint density at radius 2 is 0.846 bits per heavy atom. The summed E-state index contributed by atoms with van der Waals surface area (Å²) < 4.78 is 0. The van der Waals surface area contributed by atoms with Gasteiger partial charge in [-0.3, -0.25) is 0 Å². The molecule has 2 aromatic carbocycles. The second-order valence-electron chi connectivity index (χ2n) is 5.56. The number of hydrogen-bond donors (Lipinski definition) is 0. The van der Waals surface area contributed by atoms with Crippen LogP contribution in [-0.2, 0) is 0 Å². The zero-order valence-corrected chi connectivity index (χ0v) is 15.5. The fourth-order valence-corrected chi connectivity index (χ4v) is 4.20. The fourth-order valence-electron chi connectivity index (χ4n) is 2.39. The van der Waals surface area contributed by atoms with Crippen molar-refractivity contribution in [2.45, 2.75) is 0 Å². The van der Waals surface area contributed by atoms with E-state index in [9.17, 15) is 0 Å². The van der Waals surface area contributed by atoms with Crippen molar-refractivity contribution < 1.29 is 0 Å². The lowest BCUT2D eigenvalue weighted by Gasteiger charge is -1.88. The molecule has 4 rings (SSSR count). The van der Waals surface area contributed by atoms with Crippen LogP contribution >= 0.6 is 22.7 Å².